The van der Waals surface area contributed by atoms with Gasteiger partial charge in [0.1, 0.15) is 0 Å². The van der Waals surface area contributed by atoms with Crippen LogP contribution in [-0.2, 0) is 11.3 Å². The van der Waals surface area contributed by atoms with E-state index in [0.29, 0.717) is 30.4 Å². The van der Waals surface area contributed by atoms with E-state index in [1.54, 1.807) is 11.0 Å². The normalized spacial score (nSPS) is 15.9. The van der Waals surface area contributed by atoms with Crippen LogP contribution < -0.4 is 4.74 Å². The number of amides is 1. The topological polar surface area (TPSA) is 62.2 Å². The van der Waals surface area contributed by atoms with Crippen molar-refractivity contribution in [3.8, 4) is 11.5 Å². The van der Waals surface area contributed by atoms with Crippen molar-refractivity contribution in [1.82, 2.24) is 9.80 Å². The number of rotatable bonds is 3. The lowest BCUT2D eigenvalue weighted by Gasteiger charge is -2.34. The SMILES string of the molecule is COC(=O)N1CCN(Cc2cc(OC)c(O)cc2Cl)CC1. The lowest BCUT2D eigenvalue weighted by molar-refractivity contribution is 0.0889. The van der Waals surface area contributed by atoms with Gasteiger partial charge in [-0.1, -0.05) is 11.6 Å². The van der Waals surface area contributed by atoms with E-state index >= 15 is 0 Å². The lowest BCUT2D eigenvalue weighted by atomic mass is 10.1. The quantitative estimate of drug-likeness (QED) is 0.924. The van der Waals surface area contributed by atoms with Crippen molar-refractivity contribution >= 4 is 17.7 Å². The van der Waals surface area contributed by atoms with E-state index < -0.39 is 0 Å². The largest absolute Gasteiger partial charge is 0.504 e. The summed E-state index contributed by atoms with van der Waals surface area (Å²) in [5.74, 6) is 0.435. The molecule has 0 aliphatic carbocycles. The van der Waals surface area contributed by atoms with E-state index in [0.717, 1.165) is 18.7 Å². The monoisotopic (exact) mass is 314 g/mol. The molecule has 2 rings (SSSR count). The molecule has 0 bridgehead atoms. The Morgan fingerprint density at radius 3 is 2.52 bits per heavy atom. The van der Waals surface area contributed by atoms with Crippen LogP contribution in [-0.4, -0.2) is 61.4 Å². The number of hydrogen-bond acceptors (Lipinski definition) is 5. The second-order valence-corrected chi connectivity index (χ2v) is 5.26. The summed E-state index contributed by atoms with van der Waals surface area (Å²) in [4.78, 5) is 15.3. The van der Waals surface area contributed by atoms with Crippen molar-refractivity contribution in [3.05, 3.63) is 22.7 Å². The van der Waals surface area contributed by atoms with E-state index in [1.165, 1.54) is 20.3 Å². The number of aromatic hydroxyl groups is 1. The van der Waals surface area contributed by atoms with E-state index in [1.807, 2.05) is 0 Å². The van der Waals surface area contributed by atoms with Gasteiger partial charge >= 0.3 is 6.09 Å². The molecule has 1 aliphatic rings. The first-order valence-electron chi connectivity index (χ1n) is 6.65. The Labute approximate surface area is 128 Å². The molecule has 1 fully saturated rings. The third-order valence-electron chi connectivity index (χ3n) is 3.55. The second kappa shape index (κ2) is 6.87. The van der Waals surface area contributed by atoms with Crippen LogP contribution in [0.2, 0.25) is 5.02 Å². The highest BCUT2D eigenvalue weighted by Gasteiger charge is 2.22. The summed E-state index contributed by atoms with van der Waals surface area (Å²) >= 11 is 6.15. The van der Waals surface area contributed by atoms with Crippen LogP contribution in [0.1, 0.15) is 5.56 Å². The maximum atomic E-state index is 11.4. The van der Waals surface area contributed by atoms with E-state index in [9.17, 15) is 9.90 Å². The Morgan fingerprint density at radius 1 is 1.29 bits per heavy atom. The van der Waals surface area contributed by atoms with Crippen LogP contribution >= 0.6 is 11.6 Å². The number of hydrogen-bond donors (Lipinski definition) is 1. The standard InChI is InChI=1S/C14H19ClN2O4/c1-20-13-7-10(11(15)8-12(13)18)9-16-3-5-17(6-4-16)14(19)21-2/h7-8,18H,3-6,9H2,1-2H3. The molecule has 0 aromatic heterocycles. The van der Waals surface area contributed by atoms with Crippen molar-refractivity contribution in [1.29, 1.82) is 0 Å². The number of phenolic OH excluding ortho intramolecular Hbond substituents is 1. The van der Waals surface area contributed by atoms with Gasteiger partial charge in [-0.3, -0.25) is 4.90 Å². The first kappa shape index (κ1) is 15.7. The van der Waals surface area contributed by atoms with Gasteiger partial charge in [-0.25, -0.2) is 4.79 Å². The number of piperazine rings is 1. The fourth-order valence-electron chi connectivity index (χ4n) is 2.33. The molecule has 1 heterocycles. The molecule has 1 aromatic rings. The van der Waals surface area contributed by atoms with Crippen LogP contribution in [0.5, 0.6) is 11.5 Å². The molecule has 0 radical (unpaired) electrons. The molecule has 0 unspecified atom stereocenters. The molecule has 0 saturated carbocycles. The van der Waals surface area contributed by atoms with Crippen molar-refractivity contribution in [3.63, 3.8) is 0 Å². The van der Waals surface area contributed by atoms with Crippen molar-refractivity contribution < 1.29 is 19.4 Å². The minimum atomic E-state index is -0.293. The van der Waals surface area contributed by atoms with Crippen molar-refractivity contribution in [2.45, 2.75) is 6.54 Å². The summed E-state index contributed by atoms with van der Waals surface area (Å²) in [5, 5.41) is 10.2. The Bertz CT molecular complexity index is 516. The van der Waals surface area contributed by atoms with E-state index in [2.05, 4.69) is 4.90 Å². The van der Waals surface area contributed by atoms with Gasteiger partial charge in [-0.2, -0.15) is 0 Å². The highest BCUT2D eigenvalue weighted by molar-refractivity contribution is 6.31. The lowest BCUT2D eigenvalue weighted by Crippen LogP contribution is -2.48. The van der Waals surface area contributed by atoms with Crippen LogP contribution in [0.25, 0.3) is 0 Å². The molecule has 1 aliphatic heterocycles. The summed E-state index contributed by atoms with van der Waals surface area (Å²) in [7, 11) is 2.89. The van der Waals surface area contributed by atoms with Gasteiger partial charge in [-0.15, -0.1) is 0 Å². The first-order valence-corrected chi connectivity index (χ1v) is 7.03. The first-order chi connectivity index (χ1) is 10.0. The second-order valence-electron chi connectivity index (χ2n) is 4.85. The van der Waals surface area contributed by atoms with Gasteiger partial charge in [0.25, 0.3) is 0 Å². The predicted octanol–water partition coefficient (Wildman–Crippen LogP) is 1.94. The fourth-order valence-corrected chi connectivity index (χ4v) is 2.55. The zero-order valence-corrected chi connectivity index (χ0v) is 12.9. The summed E-state index contributed by atoms with van der Waals surface area (Å²) in [6, 6.07) is 3.23. The smallest absolute Gasteiger partial charge is 0.409 e. The molecule has 116 valence electrons. The maximum absolute atomic E-state index is 11.4. The third-order valence-corrected chi connectivity index (χ3v) is 3.90. The molecular weight excluding hydrogens is 296 g/mol. The number of methoxy groups -OCH3 is 2. The molecule has 0 atom stereocenters. The van der Waals surface area contributed by atoms with Crippen LogP contribution in [0.4, 0.5) is 4.79 Å². The van der Waals surface area contributed by atoms with Gasteiger partial charge in [-0.05, 0) is 11.6 Å². The van der Waals surface area contributed by atoms with E-state index in [4.69, 9.17) is 21.1 Å². The zero-order valence-electron chi connectivity index (χ0n) is 12.1. The van der Waals surface area contributed by atoms with Crippen molar-refractivity contribution in [2.75, 3.05) is 40.4 Å². The zero-order chi connectivity index (χ0) is 15.4. The van der Waals surface area contributed by atoms with E-state index in [-0.39, 0.29) is 11.8 Å². The number of ether oxygens (including phenoxy) is 2. The van der Waals surface area contributed by atoms with Gasteiger partial charge < -0.3 is 19.5 Å². The molecule has 1 N–H and O–H groups in total. The average molecular weight is 315 g/mol. The molecule has 21 heavy (non-hydrogen) atoms. The van der Waals surface area contributed by atoms with Crippen LogP contribution in [0.15, 0.2) is 12.1 Å². The number of halogens is 1. The molecule has 1 amide bonds. The summed E-state index contributed by atoms with van der Waals surface area (Å²) < 4.78 is 9.81. The number of nitrogens with zero attached hydrogens (tertiary/aromatic N) is 2. The molecule has 1 saturated heterocycles. The highest BCUT2D eigenvalue weighted by Crippen LogP contribution is 2.32. The highest BCUT2D eigenvalue weighted by atomic mass is 35.5. The van der Waals surface area contributed by atoms with Gasteiger partial charge in [0.15, 0.2) is 11.5 Å². The van der Waals surface area contributed by atoms with Gasteiger partial charge in [0.2, 0.25) is 0 Å². The van der Waals surface area contributed by atoms with Gasteiger partial charge in [0, 0.05) is 43.8 Å². The summed E-state index contributed by atoms with van der Waals surface area (Å²) in [5.41, 5.74) is 0.887. The summed E-state index contributed by atoms with van der Waals surface area (Å²) in [6.07, 6.45) is -0.293. The van der Waals surface area contributed by atoms with Crippen LogP contribution in [0.3, 0.4) is 0 Å². The number of carbonyl (C=O) groups excluding carboxylic acids is 1. The molecule has 6 nitrogen and oxygen atoms in total. The molecule has 1 aromatic carbocycles. The van der Waals surface area contributed by atoms with Gasteiger partial charge in [0.05, 0.1) is 14.2 Å². The number of phenols is 1. The third kappa shape index (κ3) is 3.71. The minimum Gasteiger partial charge on any atom is -0.504 e. The maximum Gasteiger partial charge on any atom is 0.409 e. The van der Waals surface area contributed by atoms with Crippen molar-refractivity contribution in [2.24, 2.45) is 0 Å². The average Bonchev–Trinajstić information content (AvgIpc) is 2.50. The fraction of sp³-hybridized carbons (Fsp3) is 0.500. The Balaban J connectivity index is 1.99. The summed E-state index contributed by atoms with van der Waals surface area (Å²) in [6.45, 7) is 3.38. The number of carbonyl (C=O) groups is 1. The minimum absolute atomic E-state index is 0.0294. The number of benzene rings is 1. The Morgan fingerprint density at radius 2 is 1.95 bits per heavy atom. The predicted molar refractivity (Wildman–Crippen MR) is 78.9 cm³/mol. The molecular formula is C14H19ClN2O4. The molecule has 7 heteroatoms. The Hall–Kier alpha value is -1.66. The molecule has 0 spiro atoms. The van der Waals surface area contributed by atoms with Crippen LogP contribution in [0, 0.1) is 0 Å². The Kier molecular flexibility index (Phi) is 5.14.